The molecule has 6 nitrogen and oxygen atoms in total. The Morgan fingerprint density at radius 1 is 1.30 bits per heavy atom. The summed E-state index contributed by atoms with van der Waals surface area (Å²) in [5, 5.41) is 4.49. The van der Waals surface area contributed by atoms with Gasteiger partial charge in [0.15, 0.2) is 0 Å². The molecule has 126 valence electrons. The highest BCUT2D eigenvalue weighted by Crippen LogP contribution is 2.35. The Labute approximate surface area is 138 Å². The minimum atomic E-state index is 0.447. The van der Waals surface area contributed by atoms with Crippen LogP contribution in [0.15, 0.2) is 24.8 Å². The van der Waals surface area contributed by atoms with Crippen molar-refractivity contribution >= 4 is 0 Å². The van der Waals surface area contributed by atoms with Crippen molar-refractivity contribution in [1.82, 2.24) is 29.1 Å². The zero-order valence-electron chi connectivity index (χ0n) is 14.7. The Balaban J connectivity index is 1.70. The summed E-state index contributed by atoms with van der Waals surface area (Å²) in [5.41, 5.74) is 2.46. The highest BCUT2D eigenvalue weighted by molar-refractivity contribution is 5.09. The van der Waals surface area contributed by atoms with Crippen LogP contribution in [0, 0.1) is 5.92 Å². The van der Waals surface area contributed by atoms with Gasteiger partial charge in [0.1, 0.15) is 0 Å². The van der Waals surface area contributed by atoms with Crippen molar-refractivity contribution < 1.29 is 0 Å². The third-order valence-electron chi connectivity index (χ3n) is 4.91. The van der Waals surface area contributed by atoms with Crippen LogP contribution in [0.3, 0.4) is 0 Å². The quantitative estimate of drug-likeness (QED) is 0.841. The Morgan fingerprint density at radius 2 is 2.13 bits per heavy atom. The smallest absolute Gasteiger partial charge is 0.0946 e. The maximum atomic E-state index is 4.49. The van der Waals surface area contributed by atoms with Crippen LogP contribution in [-0.2, 0) is 20.6 Å². The van der Waals surface area contributed by atoms with E-state index in [1.54, 1.807) is 0 Å². The highest BCUT2D eigenvalue weighted by Gasteiger charge is 2.32. The summed E-state index contributed by atoms with van der Waals surface area (Å²) in [7, 11) is 8.50. The summed E-state index contributed by atoms with van der Waals surface area (Å²) in [6, 6.07) is 2.55. The summed E-state index contributed by atoms with van der Waals surface area (Å²) in [6.07, 6.45) is 8.49. The molecule has 3 heterocycles. The molecule has 2 atom stereocenters. The van der Waals surface area contributed by atoms with E-state index in [0.717, 1.165) is 25.3 Å². The van der Waals surface area contributed by atoms with E-state index in [-0.39, 0.29) is 0 Å². The SMILES string of the molecule is CN(Cc1ccn(C)n1)C[C@@H]1CCCN(C)[C@H]1c1cncn1C. The number of likely N-dealkylation sites (tertiary alicyclic amines) is 1. The number of aryl methyl sites for hydroxylation is 2. The summed E-state index contributed by atoms with van der Waals surface area (Å²) < 4.78 is 4.04. The fourth-order valence-electron chi connectivity index (χ4n) is 3.86. The van der Waals surface area contributed by atoms with E-state index in [2.05, 4.69) is 51.7 Å². The largest absolute Gasteiger partial charge is 0.336 e. The van der Waals surface area contributed by atoms with Gasteiger partial charge in [-0.15, -0.1) is 0 Å². The molecule has 23 heavy (non-hydrogen) atoms. The first-order valence-electron chi connectivity index (χ1n) is 8.38. The molecule has 0 amide bonds. The van der Waals surface area contributed by atoms with Gasteiger partial charge in [-0.1, -0.05) is 0 Å². The lowest BCUT2D eigenvalue weighted by atomic mass is 9.87. The van der Waals surface area contributed by atoms with Crippen LogP contribution < -0.4 is 0 Å². The molecule has 6 heteroatoms. The number of hydrogen-bond donors (Lipinski definition) is 0. The van der Waals surface area contributed by atoms with Crippen molar-refractivity contribution in [1.29, 1.82) is 0 Å². The Hall–Kier alpha value is -1.66. The van der Waals surface area contributed by atoms with Gasteiger partial charge in [0.2, 0.25) is 0 Å². The van der Waals surface area contributed by atoms with Crippen LogP contribution in [-0.4, -0.2) is 56.3 Å². The third kappa shape index (κ3) is 3.64. The number of piperidine rings is 1. The molecule has 1 aliphatic heterocycles. The average Bonchev–Trinajstić information content (AvgIpc) is 3.08. The fraction of sp³-hybridized carbons (Fsp3) is 0.647. The van der Waals surface area contributed by atoms with Crippen LogP contribution in [0.25, 0.3) is 0 Å². The first-order valence-corrected chi connectivity index (χ1v) is 8.38. The molecule has 0 radical (unpaired) electrons. The van der Waals surface area contributed by atoms with Crippen molar-refractivity contribution in [3.8, 4) is 0 Å². The minimum absolute atomic E-state index is 0.447. The second-order valence-electron chi connectivity index (χ2n) is 6.93. The maximum Gasteiger partial charge on any atom is 0.0946 e. The zero-order valence-corrected chi connectivity index (χ0v) is 14.7. The van der Waals surface area contributed by atoms with Gasteiger partial charge >= 0.3 is 0 Å². The number of rotatable bonds is 5. The van der Waals surface area contributed by atoms with Crippen molar-refractivity contribution in [2.75, 3.05) is 27.2 Å². The van der Waals surface area contributed by atoms with Crippen molar-refractivity contribution in [2.24, 2.45) is 20.0 Å². The van der Waals surface area contributed by atoms with Gasteiger partial charge in [-0.2, -0.15) is 5.10 Å². The van der Waals surface area contributed by atoms with Gasteiger partial charge in [-0.05, 0) is 45.5 Å². The van der Waals surface area contributed by atoms with Crippen LogP contribution in [0.4, 0.5) is 0 Å². The summed E-state index contributed by atoms with van der Waals surface area (Å²) in [6.45, 7) is 3.15. The molecule has 0 aliphatic carbocycles. The maximum absolute atomic E-state index is 4.49. The monoisotopic (exact) mass is 316 g/mol. The van der Waals surface area contributed by atoms with Crippen molar-refractivity contribution in [2.45, 2.75) is 25.4 Å². The predicted molar refractivity (Wildman–Crippen MR) is 90.8 cm³/mol. The van der Waals surface area contributed by atoms with E-state index in [1.165, 1.54) is 18.5 Å². The normalized spacial score (nSPS) is 22.8. The minimum Gasteiger partial charge on any atom is -0.336 e. The standard InChI is InChI=1S/C17H28N6/c1-20(12-15-7-9-23(4)19-15)11-14-6-5-8-21(2)17(14)16-10-18-13-22(16)3/h7,9-10,13-14,17H,5-6,8,11-12H2,1-4H3/t14-,17+/m0/s1. The van der Waals surface area contributed by atoms with Gasteiger partial charge in [0, 0.05) is 39.6 Å². The molecule has 2 aromatic heterocycles. The molecule has 0 N–H and O–H groups in total. The van der Waals surface area contributed by atoms with Crippen LogP contribution in [0.5, 0.6) is 0 Å². The van der Waals surface area contributed by atoms with E-state index in [4.69, 9.17) is 0 Å². The summed E-state index contributed by atoms with van der Waals surface area (Å²) in [4.78, 5) is 9.21. The lowest BCUT2D eigenvalue weighted by Gasteiger charge is -2.40. The second kappa shape index (κ2) is 6.84. The molecular formula is C17H28N6. The van der Waals surface area contributed by atoms with E-state index < -0.39 is 0 Å². The number of aromatic nitrogens is 4. The molecule has 0 saturated carbocycles. The highest BCUT2D eigenvalue weighted by atomic mass is 15.3. The van der Waals surface area contributed by atoms with E-state index in [9.17, 15) is 0 Å². The molecule has 0 bridgehead atoms. The van der Waals surface area contributed by atoms with E-state index >= 15 is 0 Å². The van der Waals surface area contributed by atoms with Gasteiger partial charge in [-0.25, -0.2) is 4.98 Å². The zero-order chi connectivity index (χ0) is 16.4. The van der Waals surface area contributed by atoms with Crippen LogP contribution >= 0.6 is 0 Å². The van der Waals surface area contributed by atoms with Gasteiger partial charge in [0.05, 0.1) is 23.8 Å². The van der Waals surface area contributed by atoms with Gasteiger partial charge < -0.3 is 9.47 Å². The number of nitrogens with zero attached hydrogens (tertiary/aromatic N) is 6. The first kappa shape index (κ1) is 16.2. The molecule has 0 spiro atoms. The van der Waals surface area contributed by atoms with Gasteiger partial charge in [-0.3, -0.25) is 9.58 Å². The lowest BCUT2D eigenvalue weighted by Crippen LogP contribution is -2.41. The molecule has 1 aliphatic rings. The summed E-state index contributed by atoms with van der Waals surface area (Å²) >= 11 is 0. The molecule has 0 aromatic carbocycles. The van der Waals surface area contributed by atoms with Crippen LogP contribution in [0.2, 0.25) is 0 Å². The topological polar surface area (TPSA) is 42.1 Å². The Kier molecular flexibility index (Phi) is 4.82. The van der Waals surface area contributed by atoms with E-state index in [1.807, 2.05) is 30.5 Å². The van der Waals surface area contributed by atoms with E-state index in [0.29, 0.717) is 12.0 Å². The Morgan fingerprint density at radius 3 is 2.78 bits per heavy atom. The van der Waals surface area contributed by atoms with Gasteiger partial charge in [0.25, 0.3) is 0 Å². The molecule has 3 rings (SSSR count). The Bertz CT molecular complexity index is 631. The lowest BCUT2D eigenvalue weighted by molar-refractivity contribution is 0.0877. The van der Waals surface area contributed by atoms with Crippen LogP contribution in [0.1, 0.15) is 30.3 Å². The number of imidazole rings is 1. The van der Waals surface area contributed by atoms with Crippen molar-refractivity contribution in [3.63, 3.8) is 0 Å². The predicted octanol–water partition coefficient (Wildman–Crippen LogP) is 1.67. The second-order valence-corrected chi connectivity index (χ2v) is 6.93. The molecule has 0 unspecified atom stereocenters. The fourth-order valence-corrected chi connectivity index (χ4v) is 3.86. The molecule has 1 fully saturated rings. The summed E-state index contributed by atoms with van der Waals surface area (Å²) in [5.74, 6) is 0.623. The molecule has 1 saturated heterocycles. The molecule has 2 aromatic rings. The molecular weight excluding hydrogens is 288 g/mol. The average molecular weight is 316 g/mol. The first-order chi connectivity index (χ1) is 11.0. The van der Waals surface area contributed by atoms with Crippen molar-refractivity contribution in [3.05, 3.63) is 36.2 Å². The number of hydrogen-bond acceptors (Lipinski definition) is 4. The third-order valence-corrected chi connectivity index (χ3v) is 4.91.